The fraction of sp³-hybridized carbons (Fsp3) is 0.600. The molecule has 0 aromatic carbocycles. The Morgan fingerprint density at radius 1 is 1.81 bits per heavy atom. The van der Waals surface area contributed by atoms with Gasteiger partial charge in [-0.25, -0.2) is 0 Å². The van der Waals surface area contributed by atoms with E-state index in [2.05, 4.69) is 10.3 Å². The van der Waals surface area contributed by atoms with Crippen molar-refractivity contribution >= 4 is 17.3 Å². The van der Waals surface area contributed by atoms with E-state index in [9.17, 15) is 4.79 Å². The molecule has 0 aliphatic carbocycles. The standard InChI is InChI=1S/C10H14N2O3S/c13-10(14)9(8-5-11-6-16-8)12-4-7-2-1-3-15-7/h5-7,9,12H,1-4H2,(H,13,14). The summed E-state index contributed by atoms with van der Waals surface area (Å²) >= 11 is 1.35. The van der Waals surface area contributed by atoms with Crippen LogP contribution in [-0.2, 0) is 9.53 Å². The van der Waals surface area contributed by atoms with Crippen LogP contribution in [0.1, 0.15) is 23.8 Å². The largest absolute Gasteiger partial charge is 0.480 e. The monoisotopic (exact) mass is 242 g/mol. The summed E-state index contributed by atoms with van der Waals surface area (Å²) in [6.07, 6.45) is 3.80. The number of hydrogen-bond donors (Lipinski definition) is 2. The number of aromatic nitrogens is 1. The van der Waals surface area contributed by atoms with E-state index < -0.39 is 12.0 Å². The molecular formula is C10H14N2O3S. The van der Waals surface area contributed by atoms with E-state index in [4.69, 9.17) is 9.84 Å². The molecule has 2 atom stereocenters. The maximum absolute atomic E-state index is 11.1. The normalized spacial score (nSPS) is 22.1. The first-order chi connectivity index (χ1) is 7.77. The molecule has 1 aromatic rings. The number of carbonyl (C=O) groups is 1. The van der Waals surface area contributed by atoms with Crippen molar-refractivity contribution in [3.8, 4) is 0 Å². The molecule has 0 bridgehead atoms. The van der Waals surface area contributed by atoms with Crippen LogP contribution in [0.5, 0.6) is 0 Å². The summed E-state index contributed by atoms with van der Waals surface area (Å²) in [6, 6.07) is -0.670. The SMILES string of the molecule is O=C(O)C(NCC1CCCO1)c1cncs1. The van der Waals surface area contributed by atoms with E-state index >= 15 is 0 Å². The molecule has 1 fully saturated rings. The maximum Gasteiger partial charge on any atom is 0.326 e. The Balaban J connectivity index is 1.90. The zero-order valence-electron chi connectivity index (χ0n) is 8.76. The lowest BCUT2D eigenvalue weighted by atomic mass is 10.2. The molecular weight excluding hydrogens is 228 g/mol. The number of rotatable bonds is 5. The topological polar surface area (TPSA) is 71.5 Å². The fourth-order valence-corrected chi connectivity index (χ4v) is 2.42. The second-order valence-corrected chi connectivity index (χ2v) is 4.64. The van der Waals surface area contributed by atoms with E-state index in [0.717, 1.165) is 24.3 Å². The van der Waals surface area contributed by atoms with E-state index in [1.807, 2.05) is 0 Å². The van der Waals surface area contributed by atoms with Gasteiger partial charge < -0.3 is 9.84 Å². The first-order valence-electron chi connectivity index (χ1n) is 5.23. The van der Waals surface area contributed by atoms with Gasteiger partial charge in [-0.3, -0.25) is 15.1 Å². The van der Waals surface area contributed by atoms with Crippen LogP contribution in [0.15, 0.2) is 11.7 Å². The predicted molar refractivity (Wildman–Crippen MR) is 59.5 cm³/mol. The Labute approximate surface area is 97.5 Å². The first kappa shape index (κ1) is 11.5. The number of thiazole rings is 1. The average molecular weight is 242 g/mol. The lowest BCUT2D eigenvalue weighted by Gasteiger charge is -2.15. The van der Waals surface area contributed by atoms with Gasteiger partial charge in [0, 0.05) is 19.3 Å². The molecule has 5 nitrogen and oxygen atoms in total. The Hall–Kier alpha value is -0.980. The lowest BCUT2D eigenvalue weighted by Crippen LogP contribution is -2.34. The molecule has 0 spiro atoms. The number of carboxylic acid groups (broad SMARTS) is 1. The van der Waals surface area contributed by atoms with Gasteiger partial charge in [-0.15, -0.1) is 11.3 Å². The summed E-state index contributed by atoms with van der Waals surface area (Å²) < 4.78 is 5.43. The van der Waals surface area contributed by atoms with E-state index in [0.29, 0.717) is 6.54 Å². The number of ether oxygens (including phenoxy) is 1. The molecule has 1 saturated heterocycles. The third-order valence-corrected chi connectivity index (χ3v) is 3.40. The molecule has 88 valence electrons. The lowest BCUT2D eigenvalue weighted by molar-refractivity contribution is -0.139. The third-order valence-electron chi connectivity index (χ3n) is 2.56. The molecule has 0 saturated carbocycles. The van der Waals surface area contributed by atoms with Gasteiger partial charge in [0.25, 0.3) is 0 Å². The molecule has 2 unspecified atom stereocenters. The smallest absolute Gasteiger partial charge is 0.326 e. The summed E-state index contributed by atoms with van der Waals surface area (Å²) in [7, 11) is 0. The predicted octanol–water partition coefficient (Wildman–Crippen LogP) is 1.04. The minimum absolute atomic E-state index is 0.148. The molecule has 2 rings (SSSR count). The molecule has 1 aromatic heterocycles. The van der Waals surface area contributed by atoms with Crippen molar-refractivity contribution in [2.45, 2.75) is 25.0 Å². The summed E-state index contributed by atoms with van der Waals surface area (Å²) in [5.74, 6) is -0.873. The van der Waals surface area contributed by atoms with Gasteiger partial charge in [-0.05, 0) is 12.8 Å². The molecule has 1 aliphatic heterocycles. The molecule has 0 amide bonds. The minimum atomic E-state index is -0.873. The highest BCUT2D eigenvalue weighted by Crippen LogP contribution is 2.18. The van der Waals surface area contributed by atoms with Crippen LogP contribution < -0.4 is 5.32 Å². The van der Waals surface area contributed by atoms with Crippen molar-refractivity contribution in [1.82, 2.24) is 10.3 Å². The van der Waals surface area contributed by atoms with Gasteiger partial charge >= 0.3 is 5.97 Å². The van der Waals surface area contributed by atoms with Crippen LogP contribution >= 0.6 is 11.3 Å². The Kier molecular flexibility index (Phi) is 3.87. The van der Waals surface area contributed by atoms with Crippen LogP contribution in [0.25, 0.3) is 0 Å². The highest BCUT2D eigenvalue weighted by Gasteiger charge is 2.23. The van der Waals surface area contributed by atoms with Gasteiger partial charge in [0.15, 0.2) is 0 Å². The van der Waals surface area contributed by atoms with Crippen molar-refractivity contribution in [3.05, 3.63) is 16.6 Å². The van der Waals surface area contributed by atoms with E-state index in [1.165, 1.54) is 11.3 Å². The highest BCUT2D eigenvalue weighted by molar-refractivity contribution is 7.09. The molecule has 1 aliphatic rings. The van der Waals surface area contributed by atoms with Crippen LogP contribution in [0.2, 0.25) is 0 Å². The first-order valence-corrected chi connectivity index (χ1v) is 6.11. The zero-order valence-corrected chi connectivity index (χ0v) is 9.57. The van der Waals surface area contributed by atoms with Crippen molar-refractivity contribution in [2.24, 2.45) is 0 Å². The average Bonchev–Trinajstić information content (AvgIpc) is 2.88. The fourth-order valence-electron chi connectivity index (χ4n) is 1.73. The number of nitrogens with one attached hydrogen (secondary N) is 1. The van der Waals surface area contributed by atoms with Crippen molar-refractivity contribution in [1.29, 1.82) is 0 Å². The minimum Gasteiger partial charge on any atom is -0.480 e. The Bertz CT molecular complexity index is 336. The Morgan fingerprint density at radius 3 is 3.25 bits per heavy atom. The van der Waals surface area contributed by atoms with Gasteiger partial charge in [-0.1, -0.05) is 0 Å². The second kappa shape index (κ2) is 5.38. The number of hydrogen-bond acceptors (Lipinski definition) is 5. The number of carboxylic acids is 1. The second-order valence-electron chi connectivity index (χ2n) is 3.72. The third kappa shape index (κ3) is 2.78. The van der Waals surface area contributed by atoms with Crippen LogP contribution in [-0.4, -0.2) is 35.3 Å². The van der Waals surface area contributed by atoms with Gasteiger partial charge in [0.05, 0.1) is 16.5 Å². The maximum atomic E-state index is 11.1. The van der Waals surface area contributed by atoms with Gasteiger partial charge in [0.2, 0.25) is 0 Å². The van der Waals surface area contributed by atoms with Crippen molar-refractivity contribution in [3.63, 3.8) is 0 Å². The quantitative estimate of drug-likeness (QED) is 0.807. The van der Waals surface area contributed by atoms with Crippen LogP contribution in [0.3, 0.4) is 0 Å². The van der Waals surface area contributed by atoms with Crippen molar-refractivity contribution in [2.75, 3.05) is 13.2 Å². The van der Waals surface area contributed by atoms with E-state index in [-0.39, 0.29) is 6.10 Å². The number of nitrogens with zero attached hydrogens (tertiary/aromatic N) is 1. The summed E-state index contributed by atoms with van der Waals surface area (Å²) in [5, 5.41) is 12.1. The molecule has 2 heterocycles. The van der Waals surface area contributed by atoms with Crippen LogP contribution in [0, 0.1) is 0 Å². The van der Waals surface area contributed by atoms with Crippen LogP contribution in [0.4, 0.5) is 0 Å². The van der Waals surface area contributed by atoms with Crippen molar-refractivity contribution < 1.29 is 14.6 Å². The molecule has 2 N–H and O–H groups in total. The summed E-state index contributed by atoms with van der Waals surface area (Å²) in [6.45, 7) is 1.36. The molecule has 0 radical (unpaired) electrons. The summed E-state index contributed by atoms with van der Waals surface area (Å²) in [4.78, 5) is 15.7. The zero-order chi connectivity index (χ0) is 11.4. The Morgan fingerprint density at radius 2 is 2.69 bits per heavy atom. The van der Waals surface area contributed by atoms with E-state index in [1.54, 1.807) is 11.7 Å². The molecule has 6 heteroatoms. The molecule has 16 heavy (non-hydrogen) atoms. The van der Waals surface area contributed by atoms with Gasteiger partial charge in [-0.2, -0.15) is 0 Å². The summed E-state index contributed by atoms with van der Waals surface area (Å²) in [5.41, 5.74) is 1.64. The van der Waals surface area contributed by atoms with Gasteiger partial charge in [0.1, 0.15) is 6.04 Å². The highest BCUT2D eigenvalue weighted by atomic mass is 32.1. The number of aliphatic carboxylic acids is 1.